The summed E-state index contributed by atoms with van der Waals surface area (Å²) < 4.78 is 2.03. The summed E-state index contributed by atoms with van der Waals surface area (Å²) in [5, 5.41) is 3.86. The number of nitrogens with one attached hydrogen (secondary N) is 1. The number of anilines is 1. The van der Waals surface area contributed by atoms with Gasteiger partial charge < -0.3 is 4.57 Å². The van der Waals surface area contributed by atoms with Crippen molar-refractivity contribution < 1.29 is 14.4 Å². The van der Waals surface area contributed by atoms with Gasteiger partial charge in [0.25, 0.3) is 11.8 Å². The van der Waals surface area contributed by atoms with Crippen LogP contribution in [0, 0.1) is 0 Å². The summed E-state index contributed by atoms with van der Waals surface area (Å²) in [5.41, 5.74) is 4.01. The maximum absolute atomic E-state index is 13.5. The van der Waals surface area contributed by atoms with Crippen molar-refractivity contribution in [3.8, 4) is 0 Å². The summed E-state index contributed by atoms with van der Waals surface area (Å²) in [4.78, 5) is 39.9. The van der Waals surface area contributed by atoms with Crippen molar-refractivity contribution in [1.82, 2.24) is 9.88 Å². The number of barbiturate groups is 1. The fourth-order valence-corrected chi connectivity index (χ4v) is 4.76. The van der Waals surface area contributed by atoms with Gasteiger partial charge in [-0.15, -0.1) is 0 Å². The standard InChI is InChI=1S/C30H26ClN3O3/c1-3-19(2)20-12-14-23(15-13-20)34-29(36)25(28(35)32-30(34)37)16-22-18-33(27-11-7-5-9-24(22)27)17-21-8-4-6-10-26(21)31/h4-16,18-19H,3,17H2,1-2H3,(H,32,35,37)/b25-16+. The van der Waals surface area contributed by atoms with Crippen LogP contribution in [-0.4, -0.2) is 22.4 Å². The van der Waals surface area contributed by atoms with Crippen LogP contribution in [0.1, 0.15) is 42.9 Å². The predicted octanol–water partition coefficient (Wildman–Crippen LogP) is 6.52. The molecule has 186 valence electrons. The number of amides is 4. The molecule has 1 aliphatic heterocycles. The fraction of sp³-hybridized carbons (Fsp3) is 0.167. The van der Waals surface area contributed by atoms with E-state index in [1.54, 1.807) is 18.2 Å². The Hall–Kier alpha value is -4.16. The Bertz CT molecular complexity index is 1550. The fourth-order valence-electron chi connectivity index (χ4n) is 4.57. The summed E-state index contributed by atoms with van der Waals surface area (Å²) >= 11 is 6.39. The highest BCUT2D eigenvalue weighted by Gasteiger charge is 2.37. The Morgan fingerprint density at radius 1 is 0.946 bits per heavy atom. The van der Waals surface area contributed by atoms with E-state index < -0.39 is 17.8 Å². The molecule has 4 amide bonds. The molecule has 7 heteroatoms. The largest absolute Gasteiger partial charge is 0.342 e. The van der Waals surface area contributed by atoms with Gasteiger partial charge in [-0.25, -0.2) is 9.69 Å². The zero-order valence-corrected chi connectivity index (χ0v) is 21.3. The second kappa shape index (κ2) is 10.1. The Kier molecular flexibility index (Phi) is 6.68. The summed E-state index contributed by atoms with van der Waals surface area (Å²) in [5.74, 6) is -1.02. The third kappa shape index (κ3) is 4.68. The molecule has 6 nitrogen and oxygen atoms in total. The van der Waals surface area contributed by atoms with Crippen molar-refractivity contribution in [2.45, 2.75) is 32.7 Å². The monoisotopic (exact) mass is 511 g/mol. The molecule has 1 N–H and O–H groups in total. The van der Waals surface area contributed by atoms with Crippen LogP contribution < -0.4 is 10.2 Å². The van der Waals surface area contributed by atoms with Crippen molar-refractivity contribution in [3.63, 3.8) is 0 Å². The van der Waals surface area contributed by atoms with Gasteiger partial charge >= 0.3 is 6.03 Å². The number of imide groups is 2. The van der Waals surface area contributed by atoms with Crippen molar-refractivity contribution in [2.24, 2.45) is 0 Å². The lowest BCUT2D eigenvalue weighted by Gasteiger charge is -2.26. The van der Waals surface area contributed by atoms with E-state index in [0.29, 0.717) is 28.7 Å². The number of para-hydroxylation sites is 1. The van der Waals surface area contributed by atoms with Gasteiger partial charge in [0.15, 0.2) is 0 Å². The first-order valence-electron chi connectivity index (χ1n) is 12.2. The highest BCUT2D eigenvalue weighted by Crippen LogP contribution is 2.29. The lowest BCUT2D eigenvalue weighted by atomic mass is 9.98. The van der Waals surface area contributed by atoms with E-state index >= 15 is 0 Å². The second-order valence-corrected chi connectivity index (χ2v) is 9.59. The van der Waals surface area contributed by atoms with Gasteiger partial charge in [0.1, 0.15) is 5.57 Å². The quantitative estimate of drug-likeness (QED) is 0.236. The molecule has 0 spiro atoms. The number of halogens is 1. The highest BCUT2D eigenvalue weighted by molar-refractivity contribution is 6.39. The maximum atomic E-state index is 13.5. The van der Waals surface area contributed by atoms with Gasteiger partial charge in [-0.2, -0.15) is 0 Å². The molecule has 0 saturated carbocycles. The molecule has 1 fully saturated rings. The van der Waals surface area contributed by atoms with Gasteiger partial charge in [-0.3, -0.25) is 14.9 Å². The number of urea groups is 1. The van der Waals surface area contributed by atoms with E-state index in [1.807, 2.05) is 71.4 Å². The van der Waals surface area contributed by atoms with E-state index in [9.17, 15) is 14.4 Å². The lowest BCUT2D eigenvalue weighted by Crippen LogP contribution is -2.54. The molecule has 37 heavy (non-hydrogen) atoms. The molecular formula is C30H26ClN3O3. The Balaban J connectivity index is 1.53. The minimum atomic E-state index is -0.760. The van der Waals surface area contributed by atoms with Crippen LogP contribution in [0.5, 0.6) is 0 Å². The van der Waals surface area contributed by atoms with E-state index in [-0.39, 0.29) is 5.57 Å². The number of rotatable bonds is 6. The molecule has 1 aliphatic rings. The van der Waals surface area contributed by atoms with Gasteiger partial charge in [0.2, 0.25) is 0 Å². The number of carbonyl (C=O) groups is 3. The molecule has 4 aromatic rings. The SMILES string of the molecule is CCC(C)c1ccc(N2C(=O)NC(=O)/C(=C\c3cn(Cc4ccccc4Cl)c4ccccc34)C2=O)cc1. The molecule has 0 bridgehead atoms. The summed E-state index contributed by atoms with van der Waals surface area (Å²) in [6.45, 7) is 4.75. The summed E-state index contributed by atoms with van der Waals surface area (Å²) in [6, 6.07) is 21.9. The van der Waals surface area contributed by atoms with E-state index in [1.165, 1.54) is 0 Å². The minimum absolute atomic E-state index is 0.105. The number of aromatic nitrogens is 1. The molecular weight excluding hydrogens is 486 g/mol. The van der Waals surface area contributed by atoms with Crippen LogP contribution in [0.3, 0.4) is 0 Å². The molecule has 1 saturated heterocycles. The second-order valence-electron chi connectivity index (χ2n) is 9.18. The Morgan fingerprint density at radius 3 is 2.38 bits per heavy atom. The van der Waals surface area contributed by atoms with E-state index in [2.05, 4.69) is 19.2 Å². The van der Waals surface area contributed by atoms with Crippen LogP contribution in [-0.2, 0) is 16.1 Å². The minimum Gasteiger partial charge on any atom is -0.342 e. The van der Waals surface area contributed by atoms with Gasteiger partial charge in [0.05, 0.1) is 5.69 Å². The number of hydrogen-bond acceptors (Lipinski definition) is 3. The molecule has 3 aromatic carbocycles. The first-order valence-corrected chi connectivity index (χ1v) is 12.6. The molecule has 1 unspecified atom stereocenters. The molecule has 2 heterocycles. The third-order valence-electron chi connectivity index (χ3n) is 6.85. The summed E-state index contributed by atoms with van der Waals surface area (Å²) in [7, 11) is 0. The van der Waals surface area contributed by atoms with Crippen LogP contribution in [0.25, 0.3) is 17.0 Å². The smallest absolute Gasteiger partial charge is 0.335 e. The Morgan fingerprint density at radius 2 is 1.65 bits per heavy atom. The van der Waals surface area contributed by atoms with E-state index in [0.717, 1.165) is 33.4 Å². The molecule has 0 radical (unpaired) electrons. The number of benzene rings is 3. The lowest BCUT2D eigenvalue weighted by molar-refractivity contribution is -0.122. The zero-order chi connectivity index (χ0) is 26.1. The predicted molar refractivity (Wildman–Crippen MR) is 147 cm³/mol. The highest BCUT2D eigenvalue weighted by atomic mass is 35.5. The molecule has 1 aromatic heterocycles. The van der Waals surface area contributed by atoms with Crippen molar-refractivity contribution >= 4 is 52.1 Å². The van der Waals surface area contributed by atoms with Crippen LogP contribution in [0.15, 0.2) is 84.6 Å². The van der Waals surface area contributed by atoms with Crippen LogP contribution >= 0.6 is 11.6 Å². The molecule has 5 rings (SSSR count). The Labute approximate surface area is 220 Å². The average Bonchev–Trinajstić information content (AvgIpc) is 3.25. The first-order chi connectivity index (χ1) is 17.9. The van der Waals surface area contributed by atoms with E-state index in [4.69, 9.17) is 11.6 Å². The van der Waals surface area contributed by atoms with Gasteiger partial charge in [-0.05, 0) is 53.8 Å². The zero-order valence-electron chi connectivity index (χ0n) is 20.6. The number of nitrogens with zero attached hydrogens (tertiary/aromatic N) is 2. The van der Waals surface area contributed by atoms with Crippen molar-refractivity contribution in [3.05, 3.63) is 106 Å². The normalized spacial score (nSPS) is 15.9. The van der Waals surface area contributed by atoms with Crippen molar-refractivity contribution in [1.29, 1.82) is 0 Å². The topological polar surface area (TPSA) is 71.4 Å². The first kappa shape index (κ1) is 24.5. The van der Waals surface area contributed by atoms with Crippen molar-refractivity contribution in [2.75, 3.05) is 4.90 Å². The third-order valence-corrected chi connectivity index (χ3v) is 7.22. The maximum Gasteiger partial charge on any atom is 0.335 e. The van der Waals surface area contributed by atoms with Crippen LogP contribution in [0.2, 0.25) is 5.02 Å². The van der Waals surface area contributed by atoms with Gasteiger partial charge in [0, 0.05) is 34.2 Å². The van der Waals surface area contributed by atoms with Crippen LogP contribution in [0.4, 0.5) is 10.5 Å². The van der Waals surface area contributed by atoms with Gasteiger partial charge in [-0.1, -0.05) is 74.0 Å². The average molecular weight is 512 g/mol. The molecule has 0 aliphatic carbocycles. The molecule has 1 atom stereocenters. The number of hydrogen-bond donors (Lipinski definition) is 1. The number of carbonyl (C=O) groups excluding carboxylic acids is 3. The number of fused-ring (bicyclic) bond motifs is 1. The summed E-state index contributed by atoms with van der Waals surface area (Å²) in [6.07, 6.45) is 4.42.